The Kier molecular flexibility index (Phi) is 3.10. The monoisotopic (exact) mass is 157 g/mol. The third-order valence-electron chi connectivity index (χ3n) is 1.74. The lowest BCUT2D eigenvalue weighted by atomic mass is 10.1. The summed E-state index contributed by atoms with van der Waals surface area (Å²) >= 11 is 0. The maximum Gasteiger partial charge on any atom is 0.0625 e. The van der Waals surface area contributed by atoms with Crippen molar-refractivity contribution in [2.24, 2.45) is 0 Å². The molecule has 0 N–H and O–H groups in total. The van der Waals surface area contributed by atoms with Gasteiger partial charge in [-0.1, -0.05) is 36.9 Å². The molecule has 1 aromatic rings. The van der Waals surface area contributed by atoms with Gasteiger partial charge in [0.1, 0.15) is 0 Å². The quantitative estimate of drug-likeness (QED) is 0.661. The third-order valence-corrected chi connectivity index (χ3v) is 1.74. The van der Waals surface area contributed by atoms with Crippen molar-refractivity contribution in [3.05, 3.63) is 42.0 Å². The zero-order chi connectivity index (χ0) is 8.81. The Hall–Kier alpha value is -1.55. The average molecular weight is 157 g/mol. The van der Waals surface area contributed by atoms with Crippen molar-refractivity contribution >= 4 is 6.08 Å². The van der Waals surface area contributed by atoms with Crippen molar-refractivity contribution in [2.45, 2.75) is 12.8 Å². The minimum Gasteiger partial charge on any atom is -0.198 e. The molecule has 0 saturated heterocycles. The smallest absolute Gasteiger partial charge is 0.0625 e. The summed E-state index contributed by atoms with van der Waals surface area (Å²) in [5.41, 5.74) is 2.33. The lowest BCUT2D eigenvalue weighted by Gasteiger charge is -1.97. The average Bonchev–Trinajstić information content (AvgIpc) is 2.15. The lowest BCUT2D eigenvalue weighted by Crippen LogP contribution is -1.82. The molecule has 0 aliphatic rings. The molecule has 0 amide bonds. The Morgan fingerprint density at radius 2 is 2.00 bits per heavy atom. The largest absolute Gasteiger partial charge is 0.198 e. The van der Waals surface area contributed by atoms with Crippen LogP contribution >= 0.6 is 0 Å². The molecule has 12 heavy (non-hydrogen) atoms. The highest BCUT2D eigenvalue weighted by atomic mass is 14.2. The van der Waals surface area contributed by atoms with Gasteiger partial charge in [-0.15, -0.1) is 0 Å². The van der Waals surface area contributed by atoms with Gasteiger partial charge in [-0.05, 0) is 17.5 Å². The number of nitriles is 1. The molecule has 1 aromatic carbocycles. The van der Waals surface area contributed by atoms with Crippen molar-refractivity contribution < 1.29 is 0 Å². The van der Waals surface area contributed by atoms with E-state index in [9.17, 15) is 0 Å². The summed E-state index contributed by atoms with van der Waals surface area (Å²) in [6, 6.07) is 10.2. The standard InChI is InChI=1S/C11H11N/c1-2-10-5-7-11(8-6-10)4-3-9-12/h2,5-8H,1,3-4H2. The Bertz CT molecular complexity index is 290. The maximum absolute atomic E-state index is 8.36. The van der Waals surface area contributed by atoms with Crippen LogP contribution < -0.4 is 0 Å². The van der Waals surface area contributed by atoms with Gasteiger partial charge in [0.25, 0.3) is 0 Å². The molecule has 0 saturated carbocycles. The molecule has 0 aliphatic heterocycles. The number of nitrogens with zero attached hydrogens (tertiary/aromatic N) is 1. The molecule has 0 aliphatic carbocycles. The molecule has 1 rings (SSSR count). The molecule has 0 spiro atoms. The molecule has 1 heteroatoms. The van der Waals surface area contributed by atoms with Crippen LogP contribution in [0, 0.1) is 11.3 Å². The molecule has 0 radical (unpaired) electrons. The van der Waals surface area contributed by atoms with Crippen LogP contribution in [0.1, 0.15) is 17.5 Å². The zero-order valence-corrected chi connectivity index (χ0v) is 6.96. The van der Waals surface area contributed by atoms with Gasteiger partial charge in [0.05, 0.1) is 6.07 Å². The Labute approximate surface area is 73.0 Å². The highest BCUT2D eigenvalue weighted by molar-refractivity contribution is 5.47. The third kappa shape index (κ3) is 2.25. The lowest BCUT2D eigenvalue weighted by molar-refractivity contribution is 1.01. The maximum atomic E-state index is 8.36. The molecule has 0 heterocycles. The Morgan fingerprint density at radius 3 is 2.50 bits per heavy atom. The highest BCUT2D eigenvalue weighted by Crippen LogP contribution is 2.06. The zero-order valence-electron chi connectivity index (χ0n) is 6.96. The van der Waals surface area contributed by atoms with Crippen molar-refractivity contribution in [2.75, 3.05) is 0 Å². The van der Waals surface area contributed by atoms with Crippen LogP contribution in [0.25, 0.3) is 6.08 Å². The molecule has 1 nitrogen and oxygen atoms in total. The minimum absolute atomic E-state index is 0.591. The molecule has 0 fully saturated rings. The number of hydrogen-bond donors (Lipinski definition) is 0. The fourth-order valence-corrected chi connectivity index (χ4v) is 1.02. The summed E-state index contributed by atoms with van der Waals surface area (Å²) in [6.07, 6.45) is 3.25. The summed E-state index contributed by atoms with van der Waals surface area (Å²) in [5, 5.41) is 8.36. The van der Waals surface area contributed by atoms with Crippen LogP contribution in [0.3, 0.4) is 0 Å². The van der Waals surface area contributed by atoms with Gasteiger partial charge >= 0.3 is 0 Å². The second-order valence-electron chi connectivity index (χ2n) is 2.60. The summed E-state index contributed by atoms with van der Waals surface area (Å²) in [5.74, 6) is 0. The van der Waals surface area contributed by atoms with Crippen LogP contribution in [-0.4, -0.2) is 0 Å². The molecule has 0 unspecified atom stereocenters. The van der Waals surface area contributed by atoms with Gasteiger partial charge < -0.3 is 0 Å². The molecular weight excluding hydrogens is 146 g/mol. The van der Waals surface area contributed by atoms with Crippen LogP contribution in [-0.2, 0) is 6.42 Å². The number of hydrogen-bond acceptors (Lipinski definition) is 1. The second kappa shape index (κ2) is 4.35. The van der Waals surface area contributed by atoms with Crippen molar-refractivity contribution in [3.8, 4) is 6.07 Å². The molecule has 0 bridgehead atoms. The van der Waals surface area contributed by atoms with Crippen LogP contribution in [0.2, 0.25) is 0 Å². The first kappa shape index (κ1) is 8.55. The normalized spacial score (nSPS) is 8.92. The first-order valence-electron chi connectivity index (χ1n) is 3.95. The Morgan fingerprint density at radius 1 is 1.33 bits per heavy atom. The fourth-order valence-electron chi connectivity index (χ4n) is 1.02. The van der Waals surface area contributed by atoms with E-state index in [0.29, 0.717) is 6.42 Å². The first-order chi connectivity index (χ1) is 5.86. The van der Waals surface area contributed by atoms with E-state index in [2.05, 4.69) is 12.6 Å². The van der Waals surface area contributed by atoms with Crippen molar-refractivity contribution in [1.82, 2.24) is 0 Å². The highest BCUT2D eigenvalue weighted by Gasteiger charge is 1.91. The number of benzene rings is 1. The van der Waals surface area contributed by atoms with E-state index in [1.54, 1.807) is 0 Å². The van der Waals surface area contributed by atoms with Crippen molar-refractivity contribution in [3.63, 3.8) is 0 Å². The molecule has 60 valence electrons. The SMILES string of the molecule is C=Cc1ccc(CCC#N)cc1. The first-order valence-corrected chi connectivity index (χ1v) is 3.95. The van der Waals surface area contributed by atoms with E-state index in [1.807, 2.05) is 30.3 Å². The summed E-state index contributed by atoms with van der Waals surface area (Å²) in [6.45, 7) is 3.67. The van der Waals surface area contributed by atoms with Crippen LogP contribution in [0.4, 0.5) is 0 Å². The molecule has 0 atom stereocenters. The molecule has 0 aromatic heterocycles. The van der Waals surface area contributed by atoms with Gasteiger partial charge in [-0.25, -0.2) is 0 Å². The van der Waals surface area contributed by atoms with Crippen LogP contribution in [0.15, 0.2) is 30.8 Å². The summed E-state index contributed by atoms with van der Waals surface area (Å²) in [7, 11) is 0. The predicted molar refractivity (Wildman–Crippen MR) is 50.5 cm³/mol. The van der Waals surface area contributed by atoms with Gasteiger partial charge in [-0.3, -0.25) is 0 Å². The Balaban J connectivity index is 2.66. The van der Waals surface area contributed by atoms with E-state index >= 15 is 0 Å². The molecular formula is C11H11N. The summed E-state index contributed by atoms with van der Waals surface area (Å²) in [4.78, 5) is 0. The van der Waals surface area contributed by atoms with Crippen LogP contribution in [0.5, 0.6) is 0 Å². The number of rotatable bonds is 3. The second-order valence-corrected chi connectivity index (χ2v) is 2.60. The van der Waals surface area contributed by atoms with Gasteiger partial charge in [0.15, 0.2) is 0 Å². The van der Waals surface area contributed by atoms with Crippen molar-refractivity contribution in [1.29, 1.82) is 5.26 Å². The minimum atomic E-state index is 0.591. The van der Waals surface area contributed by atoms with E-state index in [4.69, 9.17) is 5.26 Å². The van der Waals surface area contributed by atoms with E-state index in [0.717, 1.165) is 12.0 Å². The van der Waals surface area contributed by atoms with E-state index < -0.39 is 0 Å². The van der Waals surface area contributed by atoms with Gasteiger partial charge in [-0.2, -0.15) is 5.26 Å². The fraction of sp³-hybridized carbons (Fsp3) is 0.182. The van der Waals surface area contributed by atoms with Gasteiger partial charge in [0.2, 0.25) is 0 Å². The summed E-state index contributed by atoms with van der Waals surface area (Å²) < 4.78 is 0. The van der Waals surface area contributed by atoms with E-state index in [1.165, 1.54) is 5.56 Å². The number of aryl methyl sites for hydroxylation is 1. The predicted octanol–water partition coefficient (Wildman–Crippen LogP) is 2.79. The van der Waals surface area contributed by atoms with Gasteiger partial charge in [0, 0.05) is 6.42 Å². The topological polar surface area (TPSA) is 23.8 Å². The van der Waals surface area contributed by atoms with E-state index in [-0.39, 0.29) is 0 Å².